The van der Waals surface area contributed by atoms with Crippen LogP contribution in [0.5, 0.6) is 5.75 Å². The highest BCUT2D eigenvalue weighted by Crippen LogP contribution is 2.22. The summed E-state index contributed by atoms with van der Waals surface area (Å²) in [6.07, 6.45) is 4.37. The fourth-order valence-corrected chi connectivity index (χ4v) is 2.88. The molecule has 0 radical (unpaired) electrons. The van der Waals surface area contributed by atoms with Crippen LogP contribution in [0.3, 0.4) is 0 Å². The van der Waals surface area contributed by atoms with Crippen LogP contribution in [0, 0.1) is 11.3 Å². The van der Waals surface area contributed by atoms with Gasteiger partial charge >= 0.3 is 0 Å². The highest BCUT2D eigenvalue weighted by molar-refractivity contribution is 5.95. The molecule has 0 aliphatic heterocycles. The van der Waals surface area contributed by atoms with Gasteiger partial charge in [0, 0.05) is 5.56 Å². The van der Waals surface area contributed by atoms with E-state index in [4.69, 9.17) is 10.00 Å². The third kappa shape index (κ3) is 4.39. The van der Waals surface area contributed by atoms with Crippen LogP contribution in [0.4, 0.5) is 0 Å². The molecule has 26 heavy (non-hydrogen) atoms. The first-order valence-corrected chi connectivity index (χ1v) is 8.49. The monoisotopic (exact) mass is 349 g/mol. The van der Waals surface area contributed by atoms with Gasteiger partial charge in [-0.1, -0.05) is 6.07 Å². The highest BCUT2D eigenvalue weighted by Gasteiger charge is 2.13. The summed E-state index contributed by atoms with van der Waals surface area (Å²) in [4.78, 5) is 24.0. The molecule has 1 aliphatic rings. The van der Waals surface area contributed by atoms with Gasteiger partial charge in [0.2, 0.25) is 0 Å². The minimum atomic E-state index is -0.472. The molecule has 6 nitrogen and oxygen atoms in total. The summed E-state index contributed by atoms with van der Waals surface area (Å²) in [6, 6.07) is 14.1. The number of hydrazine groups is 1. The Bertz CT molecular complexity index is 854. The summed E-state index contributed by atoms with van der Waals surface area (Å²) < 4.78 is 5.31. The van der Waals surface area contributed by atoms with Crippen molar-refractivity contribution in [3.05, 3.63) is 64.7 Å². The minimum absolute atomic E-state index is 0.240. The van der Waals surface area contributed by atoms with Crippen LogP contribution >= 0.6 is 0 Å². The van der Waals surface area contributed by atoms with Crippen molar-refractivity contribution in [2.75, 3.05) is 6.61 Å². The van der Waals surface area contributed by atoms with E-state index in [1.54, 1.807) is 30.3 Å². The molecule has 0 bridgehead atoms. The zero-order valence-corrected chi connectivity index (χ0v) is 14.2. The normalized spacial score (nSPS) is 12.4. The van der Waals surface area contributed by atoms with Crippen LogP contribution < -0.4 is 15.6 Å². The number of hydrogen-bond donors (Lipinski definition) is 2. The molecule has 0 fully saturated rings. The van der Waals surface area contributed by atoms with Crippen molar-refractivity contribution in [1.82, 2.24) is 10.9 Å². The van der Waals surface area contributed by atoms with Crippen LogP contribution in [-0.4, -0.2) is 18.4 Å². The topological polar surface area (TPSA) is 91.2 Å². The third-order valence-corrected chi connectivity index (χ3v) is 4.28. The van der Waals surface area contributed by atoms with Crippen molar-refractivity contribution < 1.29 is 14.3 Å². The van der Waals surface area contributed by atoms with E-state index < -0.39 is 5.91 Å². The number of nitrogens with zero attached hydrogens (tertiary/aromatic N) is 1. The lowest BCUT2D eigenvalue weighted by Crippen LogP contribution is -2.43. The largest absolute Gasteiger partial charge is 0.484 e. The Morgan fingerprint density at radius 1 is 1.00 bits per heavy atom. The molecule has 6 heteroatoms. The molecule has 1 aliphatic carbocycles. The number of carbonyl (C=O) groups is 2. The van der Waals surface area contributed by atoms with Crippen molar-refractivity contribution >= 4 is 11.8 Å². The first-order valence-electron chi connectivity index (χ1n) is 8.49. The van der Waals surface area contributed by atoms with Gasteiger partial charge in [0.1, 0.15) is 5.75 Å². The predicted molar refractivity (Wildman–Crippen MR) is 95.3 cm³/mol. The molecule has 0 saturated heterocycles. The molecule has 0 heterocycles. The number of benzene rings is 2. The van der Waals surface area contributed by atoms with Gasteiger partial charge in [0.25, 0.3) is 11.8 Å². The number of carbonyl (C=O) groups excluding carboxylic acids is 2. The first kappa shape index (κ1) is 17.5. The lowest BCUT2D eigenvalue weighted by molar-refractivity contribution is -0.123. The van der Waals surface area contributed by atoms with E-state index in [-0.39, 0.29) is 12.5 Å². The number of ether oxygens (including phenoxy) is 1. The molecule has 0 atom stereocenters. The van der Waals surface area contributed by atoms with Crippen LogP contribution in [0.25, 0.3) is 0 Å². The molecule has 2 aromatic rings. The predicted octanol–water partition coefficient (Wildman–Crippen LogP) is 2.28. The Hall–Kier alpha value is -3.33. The Labute approximate surface area is 151 Å². The zero-order chi connectivity index (χ0) is 18.4. The van der Waals surface area contributed by atoms with E-state index in [1.165, 1.54) is 17.5 Å². The van der Waals surface area contributed by atoms with Crippen molar-refractivity contribution in [2.45, 2.75) is 25.7 Å². The third-order valence-electron chi connectivity index (χ3n) is 4.28. The lowest BCUT2D eigenvalue weighted by Gasteiger charge is -2.16. The van der Waals surface area contributed by atoms with Crippen LogP contribution in [0.1, 0.15) is 39.9 Å². The maximum absolute atomic E-state index is 12.2. The summed E-state index contributed by atoms with van der Waals surface area (Å²) in [5, 5.41) is 8.73. The standard InChI is InChI=1S/C20H19N3O3/c21-12-14-5-9-18(10-6-14)26-13-19(24)22-23-20(25)17-8-7-15-3-1-2-4-16(15)11-17/h5-11H,1-4,13H2,(H,22,24)(H,23,25). The van der Waals surface area contributed by atoms with E-state index in [0.29, 0.717) is 16.9 Å². The van der Waals surface area contributed by atoms with Gasteiger partial charge in [-0.25, -0.2) is 0 Å². The van der Waals surface area contributed by atoms with Gasteiger partial charge in [-0.3, -0.25) is 20.4 Å². The first-order chi connectivity index (χ1) is 12.7. The Morgan fingerprint density at radius 3 is 2.46 bits per heavy atom. The lowest BCUT2D eigenvalue weighted by atomic mass is 9.90. The van der Waals surface area contributed by atoms with Crippen LogP contribution in [0.15, 0.2) is 42.5 Å². The molecule has 132 valence electrons. The number of amides is 2. The van der Waals surface area contributed by atoms with Crippen LogP contribution in [-0.2, 0) is 17.6 Å². The summed E-state index contributed by atoms with van der Waals surface area (Å²) in [7, 11) is 0. The minimum Gasteiger partial charge on any atom is -0.484 e. The summed E-state index contributed by atoms with van der Waals surface area (Å²) >= 11 is 0. The smallest absolute Gasteiger partial charge is 0.276 e. The maximum Gasteiger partial charge on any atom is 0.276 e. The molecule has 0 saturated carbocycles. The second-order valence-corrected chi connectivity index (χ2v) is 6.12. The molecule has 2 N–H and O–H groups in total. The van der Waals surface area contributed by atoms with E-state index in [9.17, 15) is 9.59 Å². The second kappa shape index (κ2) is 8.17. The Balaban J connectivity index is 1.47. The summed E-state index contributed by atoms with van der Waals surface area (Å²) in [6.45, 7) is -0.240. The summed E-state index contributed by atoms with van der Waals surface area (Å²) in [5.74, 6) is -0.356. The number of rotatable bonds is 4. The molecule has 0 unspecified atom stereocenters. The fourth-order valence-electron chi connectivity index (χ4n) is 2.88. The van der Waals surface area contributed by atoms with Crippen molar-refractivity contribution in [3.63, 3.8) is 0 Å². The number of hydrogen-bond acceptors (Lipinski definition) is 4. The number of fused-ring (bicyclic) bond motifs is 1. The molecular formula is C20H19N3O3. The van der Waals surface area contributed by atoms with Gasteiger partial charge < -0.3 is 4.74 Å². The van der Waals surface area contributed by atoms with Crippen molar-refractivity contribution in [2.24, 2.45) is 0 Å². The van der Waals surface area contributed by atoms with Gasteiger partial charge in [0.05, 0.1) is 11.6 Å². The van der Waals surface area contributed by atoms with Gasteiger partial charge in [-0.2, -0.15) is 5.26 Å². The van der Waals surface area contributed by atoms with Gasteiger partial charge in [-0.15, -0.1) is 0 Å². The van der Waals surface area contributed by atoms with Crippen LogP contribution in [0.2, 0.25) is 0 Å². The Kier molecular flexibility index (Phi) is 5.49. The summed E-state index contributed by atoms with van der Waals surface area (Å²) in [5.41, 5.74) is 8.28. The van der Waals surface area contributed by atoms with Crippen molar-refractivity contribution in [1.29, 1.82) is 5.26 Å². The fraction of sp³-hybridized carbons (Fsp3) is 0.250. The SMILES string of the molecule is N#Cc1ccc(OCC(=O)NNC(=O)c2ccc3c(c2)CCCC3)cc1. The quantitative estimate of drug-likeness (QED) is 0.829. The average Bonchev–Trinajstić information content (AvgIpc) is 2.70. The molecule has 3 rings (SSSR count). The van der Waals surface area contributed by atoms with Crippen molar-refractivity contribution in [3.8, 4) is 11.8 Å². The second-order valence-electron chi connectivity index (χ2n) is 6.12. The van der Waals surface area contributed by atoms with E-state index in [1.807, 2.05) is 18.2 Å². The van der Waals surface area contributed by atoms with E-state index in [0.717, 1.165) is 19.3 Å². The van der Waals surface area contributed by atoms with Gasteiger partial charge in [0.15, 0.2) is 6.61 Å². The molecule has 0 spiro atoms. The number of nitriles is 1. The average molecular weight is 349 g/mol. The van der Waals surface area contributed by atoms with Gasteiger partial charge in [-0.05, 0) is 73.2 Å². The molecule has 2 aromatic carbocycles. The van der Waals surface area contributed by atoms with E-state index >= 15 is 0 Å². The highest BCUT2D eigenvalue weighted by atomic mass is 16.5. The zero-order valence-electron chi connectivity index (χ0n) is 14.2. The molecule has 0 aromatic heterocycles. The molecule has 2 amide bonds. The Morgan fingerprint density at radius 2 is 1.73 bits per heavy atom. The maximum atomic E-state index is 12.2. The van der Waals surface area contributed by atoms with E-state index in [2.05, 4.69) is 10.9 Å². The number of nitrogens with one attached hydrogen (secondary N) is 2. The number of aryl methyl sites for hydroxylation is 2. The molecular weight excluding hydrogens is 330 g/mol.